The van der Waals surface area contributed by atoms with Crippen molar-refractivity contribution < 1.29 is 49.9 Å². The first kappa shape index (κ1) is 21.5. The summed E-state index contributed by atoms with van der Waals surface area (Å²) in [4.78, 5) is 32.4. The summed E-state index contributed by atoms with van der Waals surface area (Å²) in [7, 11) is -4.64. The predicted molar refractivity (Wildman–Crippen MR) is 70.3 cm³/mol. The summed E-state index contributed by atoms with van der Waals surface area (Å²) >= 11 is 0. The van der Waals surface area contributed by atoms with Crippen molar-refractivity contribution in [3.8, 4) is 17.2 Å². The first-order valence-corrected chi connectivity index (χ1v) is 6.83. The summed E-state index contributed by atoms with van der Waals surface area (Å²) in [5.74, 6) is -3.12. The topological polar surface area (TPSA) is 207 Å². The molecule has 0 aromatic heterocycles. The van der Waals surface area contributed by atoms with Crippen molar-refractivity contribution in [3.63, 3.8) is 0 Å². The summed E-state index contributed by atoms with van der Waals surface area (Å²) in [6.07, 6.45) is 0.944. The Morgan fingerprint density at radius 1 is 1.14 bits per heavy atom. The van der Waals surface area contributed by atoms with Crippen LogP contribution in [0.25, 0.3) is 0 Å². The molecule has 0 aliphatic carbocycles. The predicted octanol–water partition coefficient (Wildman–Crippen LogP) is -0.299. The van der Waals surface area contributed by atoms with Crippen molar-refractivity contribution in [2.75, 3.05) is 0 Å². The van der Waals surface area contributed by atoms with Crippen LogP contribution < -0.4 is 0 Å². The van der Waals surface area contributed by atoms with E-state index in [0.717, 1.165) is 6.07 Å². The molecule has 1 aromatic carbocycles. The average Bonchev–Trinajstić information content (AvgIpc) is 2.27. The minimum absolute atomic E-state index is 0. The molecule has 0 atom stereocenters. The molecular weight excluding hydrogens is 311 g/mol. The van der Waals surface area contributed by atoms with Crippen LogP contribution in [0.4, 0.5) is 0 Å². The second-order valence-electron chi connectivity index (χ2n) is 3.69. The highest BCUT2D eigenvalue weighted by Gasteiger charge is 2.19. The molecular formula is C10H17O10P. The van der Waals surface area contributed by atoms with Crippen LogP contribution in [0.3, 0.4) is 0 Å². The van der Waals surface area contributed by atoms with Crippen molar-refractivity contribution in [3.05, 3.63) is 17.2 Å². The number of hydrogen-bond donors (Lipinski definition) is 7. The van der Waals surface area contributed by atoms with Crippen molar-refractivity contribution in [2.24, 2.45) is 0 Å². The number of rotatable bonds is 3. The molecule has 122 valence electrons. The van der Waals surface area contributed by atoms with Crippen LogP contribution in [0.15, 0.2) is 6.07 Å². The molecule has 0 saturated heterocycles. The van der Waals surface area contributed by atoms with E-state index in [2.05, 4.69) is 0 Å². The van der Waals surface area contributed by atoms with E-state index < -0.39 is 31.0 Å². The Hall–Kier alpha value is -1.84. The van der Waals surface area contributed by atoms with Gasteiger partial charge in [-0.1, -0.05) is 13.3 Å². The zero-order chi connectivity index (χ0) is 16.1. The van der Waals surface area contributed by atoms with Crippen molar-refractivity contribution >= 4 is 13.8 Å². The van der Waals surface area contributed by atoms with Crippen LogP contribution in [-0.2, 0) is 11.0 Å². The highest BCUT2D eigenvalue weighted by Crippen LogP contribution is 2.40. The van der Waals surface area contributed by atoms with Gasteiger partial charge in [0.25, 0.3) is 0 Å². The maximum absolute atomic E-state index is 10.8. The van der Waals surface area contributed by atoms with E-state index in [0.29, 0.717) is 12.8 Å². The third-order valence-corrected chi connectivity index (χ3v) is 2.09. The van der Waals surface area contributed by atoms with E-state index in [1.807, 2.05) is 6.92 Å². The summed E-state index contributed by atoms with van der Waals surface area (Å²) < 4.78 is 8.88. The molecule has 10 nitrogen and oxygen atoms in total. The second-order valence-corrected chi connectivity index (χ2v) is 4.71. The molecule has 0 unspecified atom stereocenters. The number of hydrogen-bond acceptors (Lipinski definition) is 5. The summed E-state index contributed by atoms with van der Waals surface area (Å²) in [5.41, 5.74) is -0.0510. The molecule has 0 heterocycles. The number of phenols is 3. The van der Waals surface area contributed by atoms with Crippen LogP contribution >= 0.6 is 7.82 Å². The van der Waals surface area contributed by atoms with E-state index in [9.17, 15) is 15.0 Å². The Bertz CT molecular complexity index is 527. The van der Waals surface area contributed by atoms with Gasteiger partial charge < -0.3 is 40.6 Å². The zero-order valence-corrected chi connectivity index (χ0v) is 11.8. The Kier molecular flexibility index (Phi) is 8.63. The average molecular weight is 328 g/mol. The molecule has 0 aliphatic heterocycles. The number of carbonyl (C=O) groups is 1. The first-order chi connectivity index (χ1) is 8.99. The van der Waals surface area contributed by atoms with Gasteiger partial charge in [-0.05, 0) is 12.5 Å². The standard InChI is InChI=1S/C10H12O5.H3O4P.H2O/c1-2-3-5-6(10(14)15)4-7(11)9(13)8(5)12;1-5(2,3)4;/h4,11-13H,2-3H2,1H3,(H,14,15);(H3,1,2,3,4);1H2. The van der Waals surface area contributed by atoms with Gasteiger partial charge in [-0.25, -0.2) is 9.36 Å². The lowest BCUT2D eigenvalue weighted by Gasteiger charge is -2.10. The molecule has 0 spiro atoms. The molecule has 0 saturated carbocycles. The van der Waals surface area contributed by atoms with Crippen molar-refractivity contribution in [1.82, 2.24) is 0 Å². The molecule has 11 heteroatoms. The van der Waals surface area contributed by atoms with E-state index in [4.69, 9.17) is 29.5 Å². The minimum atomic E-state index is -4.64. The van der Waals surface area contributed by atoms with Crippen LogP contribution in [0.2, 0.25) is 0 Å². The molecule has 0 radical (unpaired) electrons. The van der Waals surface area contributed by atoms with Gasteiger partial charge in [0, 0.05) is 5.56 Å². The second kappa shape index (κ2) is 8.45. The molecule has 1 rings (SSSR count). The van der Waals surface area contributed by atoms with Gasteiger partial charge in [-0.15, -0.1) is 0 Å². The number of carboxylic acids is 1. The maximum atomic E-state index is 10.8. The fourth-order valence-electron chi connectivity index (χ4n) is 1.38. The largest absolute Gasteiger partial charge is 0.504 e. The first-order valence-electron chi connectivity index (χ1n) is 5.27. The summed E-state index contributed by atoms with van der Waals surface area (Å²) in [5, 5.41) is 36.7. The summed E-state index contributed by atoms with van der Waals surface area (Å²) in [6, 6.07) is 0.933. The van der Waals surface area contributed by atoms with Gasteiger partial charge in [0.2, 0.25) is 5.75 Å². The van der Waals surface area contributed by atoms with Crippen LogP contribution in [-0.4, -0.2) is 46.6 Å². The lowest BCUT2D eigenvalue weighted by Crippen LogP contribution is -2.02. The quantitative estimate of drug-likeness (QED) is 0.286. The molecule has 1 aromatic rings. The molecule has 21 heavy (non-hydrogen) atoms. The lowest BCUT2D eigenvalue weighted by atomic mass is 10.0. The van der Waals surface area contributed by atoms with E-state index in [1.54, 1.807) is 0 Å². The molecule has 0 fully saturated rings. The van der Waals surface area contributed by atoms with E-state index >= 15 is 0 Å². The fraction of sp³-hybridized carbons (Fsp3) is 0.300. The van der Waals surface area contributed by atoms with Gasteiger partial charge in [-0.2, -0.15) is 0 Å². The zero-order valence-electron chi connectivity index (χ0n) is 10.9. The van der Waals surface area contributed by atoms with Gasteiger partial charge in [0.05, 0.1) is 5.56 Å². The van der Waals surface area contributed by atoms with Gasteiger partial charge >= 0.3 is 13.8 Å². The van der Waals surface area contributed by atoms with Crippen LogP contribution in [0.5, 0.6) is 17.2 Å². The van der Waals surface area contributed by atoms with Gasteiger partial charge in [0.1, 0.15) is 0 Å². The molecule has 9 N–H and O–H groups in total. The minimum Gasteiger partial charge on any atom is -0.504 e. The smallest absolute Gasteiger partial charge is 0.466 e. The molecule has 0 aliphatic rings. The number of aromatic carboxylic acids is 1. The van der Waals surface area contributed by atoms with Crippen molar-refractivity contribution in [1.29, 1.82) is 0 Å². The third-order valence-electron chi connectivity index (χ3n) is 2.09. The Labute approximate surface area is 119 Å². The lowest BCUT2D eigenvalue weighted by molar-refractivity contribution is 0.0694. The Balaban J connectivity index is 0. The highest BCUT2D eigenvalue weighted by molar-refractivity contribution is 7.45. The monoisotopic (exact) mass is 328 g/mol. The number of aromatic hydroxyl groups is 3. The number of carboxylic acid groups (broad SMARTS) is 1. The SMILES string of the molecule is CCCc1c(C(=O)O)cc(O)c(O)c1O.O.O=P(O)(O)O. The van der Waals surface area contributed by atoms with Crippen LogP contribution in [0, 0.1) is 0 Å². The van der Waals surface area contributed by atoms with Gasteiger partial charge in [-0.3, -0.25) is 0 Å². The van der Waals surface area contributed by atoms with Gasteiger partial charge in [0.15, 0.2) is 11.5 Å². The number of phosphoric acid groups is 1. The normalized spacial score (nSPS) is 10.1. The molecule has 0 amide bonds. The Morgan fingerprint density at radius 3 is 1.90 bits per heavy atom. The van der Waals surface area contributed by atoms with E-state index in [1.165, 1.54) is 0 Å². The summed E-state index contributed by atoms with van der Waals surface area (Å²) in [6.45, 7) is 1.81. The maximum Gasteiger partial charge on any atom is 0.466 e. The van der Waals surface area contributed by atoms with Crippen LogP contribution in [0.1, 0.15) is 29.3 Å². The Morgan fingerprint density at radius 2 is 1.57 bits per heavy atom. The number of phenolic OH excluding ortho intramolecular Hbond substituents is 3. The fourth-order valence-corrected chi connectivity index (χ4v) is 1.38. The van der Waals surface area contributed by atoms with E-state index in [-0.39, 0.29) is 16.6 Å². The highest BCUT2D eigenvalue weighted by atomic mass is 31.2. The molecule has 0 bridgehead atoms. The van der Waals surface area contributed by atoms with Crippen molar-refractivity contribution in [2.45, 2.75) is 19.8 Å². The number of benzene rings is 1. The third kappa shape index (κ3) is 7.49.